The van der Waals surface area contributed by atoms with Gasteiger partial charge in [0, 0.05) is 56.0 Å². The number of nitrogens with zero attached hydrogens (tertiary/aromatic N) is 6. The minimum atomic E-state index is -0.519. The lowest BCUT2D eigenvalue weighted by atomic mass is 10.1. The molecule has 4 aromatic rings. The zero-order valence-corrected chi connectivity index (χ0v) is 19.9. The third-order valence-corrected chi connectivity index (χ3v) is 6.37. The van der Waals surface area contributed by atoms with Gasteiger partial charge in [0.1, 0.15) is 34.8 Å². The van der Waals surface area contributed by atoms with Gasteiger partial charge in [-0.25, -0.2) is 14.4 Å². The number of anilines is 1. The molecule has 0 spiro atoms. The lowest BCUT2D eigenvalue weighted by molar-refractivity contribution is 0.0395. The van der Waals surface area contributed by atoms with Crippen LogP contribution in [0.2, 0.25) is 5.02 Å². The molecule has 0 N–H and O–H groups in total. The Balaban J connectivity index is 1.68. The average Bonchev–Trinajstić information content (AvgIpc) is 3.27. The van der Waals surface area contributed by atoms with Crippen molar-refractivity contribution >= 4 is 28.3 Å². The normalized spacial score (nSPS) is 16.4. The molecule has 1 aromatic carbocycles. The smallest absolute Gasteiger partial charge is 0.261 e. The van der Waals surface area contributed by atoms with Crippen LogP contribution < -0.4 is 10.5 Å². The standard InChI is InChI=1S/C24H24ClFN6O2/c1-4-20-28-23-17(24(33)31(20)3)10-21(29-22(23)16-6-5-15(25)9-18(16)26)32-7-8-34-19(13-32)14-11-27-30(2)12-14/h5-6,9-12,19H,4,7-8,13H2,1-3H3/t19-/m1/s1. The van der Waals surface area contributed by atoms with Gasteiger partial charge in [0.05, 0.1) is 18.2 Å². The number of hydrogen-bond acceptors (Lipinski definition) is 6. The Bertz CT molecular complexity index is 1450. The number of ether oxygens (including phenoxy) is 1. The molecule has 0 saturated carbocycles. The van der Waals surface area contributed by atoms with E-state index in [1.54, 1.807) is 36.1 Å². The summed E-state index contributed by atoms with van der Waals surface area (Å²) in [6, 6.07) is 6.17. The summed E-state index contributed by atoms with van der Waals surface area (Å²) in [5, 5.41) is 4.91. The maximum Gasteiger partial charge on any atom is 0.261 e. The highest BCUT2D eigenvalue weighted by Crippen LogP contribution is 2.33. The molecule has 5 rings (SSSR count). The van der Waals surface area contributed by atoms with Gasteiger partial charge in [-0.2, -0.15) is 5.10 Å². The second-order valence-corrected chi connectivity index (χ2v) is 8.78. The summed E-state index contributed by atoms with van der Waals surface area (Å²) >= 11 is 5.99. The van der Waals surface area contributed by atoms with Crippen molar-refractivity contribution in [2.45, 2.75) is 19.4 Å². The summed E-state index contributed by atoms with van der Waals surface area (Å²) in [5.41, 5.74) is 1.71. The van der Waals surface area contributed by atoms with Crippen LogP contribution in [-0.4, -0.2) is 44.0 Å². The van der Waals surface area contributed by atoms with E-state index < -0.39 is 5.82 Å². The van der Waals surface area contributed by atoms with E-state index in [0.29, 0.717) is 54.4 Å². The topological polar surface area (TPSA) is 78.1 Å². The van der Waals surface area contributed by atoms with Gasteiger partial charge in [-0.1, -0.05) is 18.5 Å². The number of fused-ring (bicyclic) bond motifs is 1. The minimum absolute atomic E-state index is 0.195. The summed E-state index contributed by atoms with van der Waals surface area (Å²) in [4.78, 5) is 24.8. The molecule has 1 aliphatic rings. The molecule has 0 aliphatic carbocycles. The molecule has 1 fully saturated rings. The molecule has 0 amide bonds. The van der Waals surface area contributed by atoms with Crippen molar-refractivity contribution in [3.8, 4) is 11.3 Å². The lowest BCUT2D eigenvalue weighted by Gasteiger charge is -2.33. The van der Waals surface area contributed by atoms with Crippen LogP contribution in [-0.2, 0) is 25.3 Å². The Hall–Kier alpha value is -3.30. The number of aromatic nitrogens is 5. The Morgan fingerprint density at radius 1 is 1.24 bits per heavy atom. The molecular weight excluding hydrogens is 459 g/mol. The third-order valence-electron chi connectivity index (χ3n) is 6.13. The zero-order valence-electron chi connectivity index (χ0n) is 19.1. The van der Waals surface area contributed by atoms with E-state index in [0.717, 1.165) is 5.56 Å². The Morgan fingerprint density at radius 3 is 2.76 bits per heavy atom. The molecule has 10 heteroatoms. The molecule has 0 bridgehead atoms. The number of hydrogen-bond donors (Lipinski definition) is 0. The second kappa shape index (κ2) is 8.81. The first kappa shape index (κ1) is 22.5. The fourth-order valence-electron chi connectivity index (χ4n) is 4.32. The van der Waals surface area contributed by atoms with Gasteiger partial charge in [-0.15, -0.1) is 0 Å². The number of pyridine rings is 1. The second-order valence-electron chi connectivity index (χ2n) is 8.35. The SMILES string of the molecule is CCc1nc2c(-c3ccc(Cl)cc3F)nc(N3CCO[C@@H](c4cnn(C)c4)C3)cc2c(=O)n1C. The van der Waals surface area contributed by atoms with Gasteiger partial charge in [0.25, 0.3) is 5.56 Å². The van der Waals surface area contributed by atoms with E-state index >= 15 is 4.39 Å². The van der Waals surface area contributed by atoms with Gasteiger partial charge in [0.2, 0.25) is 0 Å². The van der Waals surface area contributed by atoms with E-state index in [-0.39, 0.29) is 22.2 Å². The molecule has 176 valence electrons. The largest absolute Gasteiger partial charge is 0.370 e. The highest BCUT2D eigenvalue weighted by molar-refractivity contribution is 6.30. The van der Waals surface area contributed by atoms with Crippen LogP contribution >= 0.6 is 11.6 Å². The molecule has 34 heavy (non-hydrogen) atoms. The van der Waals surface area contributed by atoms with Crippen molar-refractivity contribution in [3.63, 3.8) is 0 Å². The predicted molar refractivity (Wildman–Crippen MR) is 129 cm³/mol. The Kier molecular flexibility index (Phi) is 5.83. The van der Waals surface area contributed by atoms with E-state index in [1.165, 1.54) is 10.6 Å². The summed E-state index contributed by atoms with van der Waals surface area (Å²) < 4.78 is 24.2. The highest BCUT2D eigenvalue weighted by atomic mass is 35.5. The van der Waals surface area contributed by atoms with Gasteiger partial charge in [-0.3, -0.25) is 14.0 Å². The van der Waals surface area contributed by atoms with Gasteiger partial charge < -0.3 is 9.64 Å². The summed E-state index contributed by atoms with van der Waals surface area (Å²) in [7, 11) is 3.55. The van der Waals surface area contributed by atoms with Crippen molar-refractivity contribution in [1.82, 2.24) is 24.3 Å². The third kappa shape index (κ3) is 3.95. The van der Waals surface area contributed by atoms with Crippen LogP contribution in [0.5, 0.6) is 0 Å². The van der Waals surface area contributed by atoms with Crippen LogP contribution in [0.15, 0.2) is 41.5 Å². The minimum Gasteiger partial charge on any atom is -0.370 e. The van der Waals surface area contributed by atoms with Crippen LogP contribution in [0.4, 0.5) is 10.2 Å². The van der Waals surface area contributed by atoms with Crippen LogP contribution in [0.3, 0.4) is 0 Å². The van der Waals surface area contributed by atoms with E-state index in [4.69, 9.17) is 26.3 Å². The molecule has 0 unspecified atom stereocenters. The maximum absolute atomic E-state index is 15.0. The number of morpholine rings is 1. The first-order valence-electron chi connectivity index (χ1n) is 11.1. The molecule has 1 atom stereocenters. The highest BCUT2D eigenvalue weighted by Gasteiger charge is 2.26. The van der Waals surface area contributed by atoms with Crippen molar-refractivity contribution in [3.05, 3.63) is 69.2 Å². The first-order chi connectivity index (χ1) is 16.4. The van der Waals surface area contributed by atoms with Gasteiger partial charge in [-0.05, 0) is 24.3 Å². The van der Waals surface area contributed by atoms with E-state index in [1.807, 2.05) is 25.1 Å². The van der Waals surface area contributed by atoms with E-state index in [9.17, 15) is 4.79 Å². The number of aryl methyl sites for hydroxylation is 2. The zero-order chi connectivity index (χ0) is 24.0. The lowest BCUT2D eigenvalue weighted by Crippen LogP contribution is -2.39. The van der Waals surface area contributed by atoms with Gasteiger partial charge >= 0.3 is 0 Å². The Labute approximate surface area is 200 Å². The van der Waals surface area contributed by atoms with Crippen molar-refractivity contribution in [1.29, 1.82) is 0 Å². The van der Waals surface area contributed by atoms with Crippen molar-refractivity contribution < 1.29 is 9.13 Å². The molecule has 0 radical (unpaired) electrons. The summed E-state index contributed by atoms with van der Waals surface area (Å²) in [5.74, 6) is 0.650. The molecule has 3 aromatic heterocycles. The monoisotopic (exact) mass is 482 g/mol. The van der Waals surface area contributed by atoms with Crippen LogP contribution in [0.1, 0.15) is 24.4 Å². The van der Waals surface area contributed by atoms with Crippen LogP contribution in [0, 0.1) is 5.82 Å². The van der Waals surface area contributed by atoms with E-state index in [2.05, 4.69) is 5.10 Å². The molecule has 8 nitrogen and oxygen atoms in total. The fraction of sp³-hybridized carbons (Fsp3) is 0.333. The maximum atomic E-state index is 15.0. The quantitative estimate of drug-likeness (QED) is 0.442. The van der Waals surface area contributed by atoms with Crippen molar-refractivity contribution in [2.75, 3.05) is 24.6 Å². The Morgan fingerprint density at radius 2 is 2.06 bits per heavy atom. The summed E-state index contributed by atoms with van der Waals surface area (Å²) in [6.45, 7) is 3.51. The fourth-order valence-corrected chi connectivity index (χ4v) is 4.47. The predicted octanol–water partition coefficient (Wildman–Crippen LogP) is 3.66. The first-order valence-corrected chi connectivity index (χ1v) is 11.4. The summed E-state index contributed by atoms with van der Waals surface area (Å²) in [6.07, 6.45) is 4.06. The molecule has 1 saturated heterocycles. The molecular formula is C24H24ClFN6O2. The number of rotatable bonds is 4. The average molecular weight is 483 g/mol. The molecule has 1 aliphatic heterocycles. The van der Waals surface area contributed by atoms with Gasteiger partial charge in [0.15, 0.2) is 0 Å². The molecule has 4 heterocycles. The number of halogens is 2. The van der Waals surface area contributed by atoms with Crippen molar-refractivity contribution in [2.24, 2.45) is 14.1 Å². The number of benzene rings is 1. The van der Waals surface area contributed by atoms with Crippen LogP contribution in [0.25, 0.3) is 22.2 Å².